The molecule has 2 unspecified atom stereocenters. The summed E-state index contributed by atoms with van der Waals surface area (Å²) in [5.41, 5.74) is 3.20. The number of amides is 1. The number of halogens is 1. The van der Waals surface area contributed by atoms with E-state index in [4.69, 9.17) is 16.3 Å². The van der Waals surface area contributed by atoms with Gasteiger partial charge >= 0.3 is 0 Å². The highest BCUT2D eigenvalue weighted by Crippen LogP contribution is 2.29. The van der Waals surface area contributed by atoms with E-state index in [1.54, 1.807) is 12.1 Å². The molecule has 8 nitrogen and oxygen atoms in total. The third-order valence-corrected chi connectivity index (χ3v) is 6.24. The number of likely N-dealkylation sites (tertiary alicyclic amines) is 1. The number of aromatic nitrogens is 4. The summed E-state index contributed by atoms with van der Waals surface area (Å²) in [4.78, 5) is 15.4. The Hall–Kier alpha value is -2.97. The highest BCUT2D eigenvalue weighted by atomic mass is 35.5. The second-order valence-corrected chi connectivity index (χ2v) is 9.30. The van der Waals surface area contributed by atoms with E-state index in [1.807, 2.05) is 0 Å². The standard InChI is InChI=1S/C24H29ClN6O2/c1-16-8-17(2)13-30(12-16)14-19-6-4-18(5-7-19)11-26-24(32)20-9-21(25)22(10-23(20)33-3)31-15-27-28-29-31/h4-7,9-10,15-17H,8,11-14H2,1-3H3,(H,26,32). The maximum Gasteiger partial charge on any atom is 0.255 e. The van der Waals surface area contributed by atoms with Crippen LogP contribution in [0.3, 0.4) is 0 Å². The topological polar surface area (TPSA) is 85.2 Å². The second-order valence-electron chi connectivity index (χ2n) is 8.90. The first kappa shape index (κ1) is 23.2. The Morgan fingerprint density at radius 2 is 1.85 bits per heavy atom. The number of tetrazole rings is 1. The van der Waals surface area contributed by atoms with Gasteiger partial charge in [0.1, 0.15) is 12.1 Å². The first-order chi connectivity index (χ1) is 15.9. The summed E-state index contributed by atoms with van der Waals surface area (Å²) >= 11 is 6.37. The van der Waals surface area contributed by atoms with Gasteiger partial charge in [-0.25, -0.2) is 0 Å². The fourth-order valence-corrected chi connectivity index (χ4v) is 4.81. The minimum atomic E-state index is -0.266. The Labute approximate surface area is 198 Å². The first-order valence-corrected chi connectivity index (χ1v) is 11.5. The molecule has 33 heavy (non-hydrogen) atoms. The lowest BCUT2D eigenvalue weighted by Gasteiger charge is -2.35. The molecule has 174 valence electrons. The number of carbonyl (C=O) groups is 1. The van der Waals surface area contributed by atoms with Crippen LogP contribution in [0.25, 0.3) is 5.69 Å². The third-order valence-electron chi connectivity index (χ3n) is 5.94. The number of benzene rings is 2. The number of piperidine rings is 1. The van der Waals surface area contributed by atoms with Crippen molar-refractivity contribution >= 4 is 17.5 Å². The molecule has 3 aromatic rings. The van der Waals surface area contributed by atoms with Gasteiger partial charge in [0.05, 0.1) is 23.4 Å². The van der Waals surface area contributed by atoms with Crippen LogP contribution in [0, 0.1) is 11.8 Å². The Bertz CT molecular complexity index is 1080. The van der Waals surface area contributed by atoms with Gasteiger partial charge in [-0.1, -0.05) is 49.7 Å². The maximum atomic E-state index is 12.8. The van der Waals surface area contributed by atoms with Crippen molar-refractivity contribution < 1.29 is 9.53 Å². The highest BCUT2D eigenvalue weighted by molar-refractivity contribution is 6.33. The van der Waals surface area contributed by atoms with Gasteiger partial charge in [0.2, 0.25) is 0 Å². The number of methoxy groups -OCH3 is 1. The van der Waals surface area contributed by atoms with Gasteiger partial charge in [-0.15, -0.1) is 5.10 Å². The molecule has 2 atom stereocenters. The third kappa shape index (κ3) is 5.69. The van der Waals surface area contributed by atoms with Gasteiger partial charge in [-0.3, -0.25) is 9.69 Å². The minimum absolute atomic E-state index is 0.266. The molecule has 2 heterocycles. The molecule has 1 N–H and O–H groups in total. The molecular formula is C24H29ClN6O2. The Morgan fingerprint density at radius 1 is 1.15 bits per heavy atom. The molecule has 2 aromatic carbocycles. The zero-order valence-electron chi connectivity index (χ0n) is 19.2. The molecule has 0 saturated carbocycles. The molecule has 1 aliphatic rings. The Balaban J connectivity index is 1.38. The molecule has 4 rings (SSSR count). The summed E-state index contributed by atoms with van der Waals surface area (Å²) in [5.74, 6) is 1.62. The summed E-state index contributed by atoms with van der Waals surface area (Å²) in [6, 6.07) is 11.6. The van der Waals surface area contributed by atoms with Gasteiger partial charge in [0, 0.05) is 32.2 Å². The van der Waals surface area contributed by atoms with Crippen molar-refractivity contribution in [2.45, 2.75) is 33.4 Å². The number of rotatable bonds is 7. The molecule has 0 spiro atoms. The van der Waals surface area contributed by atoms with Crippen LogP contribution in [0.1, 0.15) is 41.8 Å². The number of hydrogen-bond donors (Lipinski definition) is 1. The van der Waals surface area contributed by atoms with Crippen LogP contribution in [-0.2, 0) is 13.1 Å². The van der Waals surface area contributed by atoms with Gasteiger partial charge in [0.25, 0.3) is 5.91 Å². The lowest BCUT2D eigenvalue weighted by atomic mass is 9.91. The molecule has 1 fully saturated rings. The highest BCUT2D eigenvalue weighted by Gasteiger charge is 2.21. The minimum Gasteiger partial charge on any atom is -0.496 e. The molecule has 1 aliphatic heterocycles. The van der Waals surface area contributed by atoms with E-state index in [9.17, 15) is 4.79 Å². The van der Waals surface area contributed by atoms with Crippen LogP contribution in [0.5, 0.6) is 5.75 Å². The van der Waals surface area contributed by atoms with Gasteiger partial charge in [-0.2, -0.15) is 4.68 Å². The number of nitrogens with one attached hydrogen (secondary N) is 1. The number of ether oxygens (including phenoxy) is 1. The lowest BCUT2D eigenvalue weighted by Crippen LogP contribution is -2.38. The predicted octanol–water partition coefficient (Wildman–Crippen LogP) is 3.73. The van der Waals surface area contributed by atoms with Crippen LogP contribution in [0.15, 0.2) is 42.7 Å². The van der Waals surface area contributed by atoms with E-state index in [0.717, 1.165) is 37.0 Å². The Morgan fingerprint density at radius 3 is 2.48 bits per heavy atom. The van der Waals surface area contributed by atoms with E-state index in [2.05, 4.69) is 63.9 Å². The molecule has 1 amide bonds. The van der Waals surface area contributed by atoms with Gasteiger partial charge < -0.3 is 10.1 Å². The van der Waals surface area contributed by atoms with E-state index < -0.39 is 0 Å². The summed E-state index contributed by atoms with van der Waals surface area (Å²) in [5, 5.41) is 14.4. The zero-order valence-corrected chi connectivity index (χ0v) is 19.9. The smallest absolute Gasteiger partial charge is 0.255 e. The molecule has 0 aliphatic carbocycles. The van der Waals surface area contributed by atoms with Crippen molar-refractivity contribution in [2.24, 2.45) is 11.8 Å². The molecule has 1 aromatic heterocycles. The first-order valence-electron chi connectivity index (χ1n) is 11.1. The van der Waals surface area contributed by atoms with Crippen molar-refractivity contribution in [1.29, 1.82) is 0 Å². The largest absolute Gasteiger partial charge is 0.496 e. The monoisotopic (exact) mass is 468 g/mol. The molecule has 0 radical (unpaired) electrons. The maximum absolute atomic E-state index is 12.8. The van der Waals surface area contributed by atoms with E-state index in [-0.39, 0.29) is 5.91 Å². The second kappa shape index (κ2) is 10.3. The summed E-state index contributed by atoms with van der Waals surface area (Å²) in [7, 11) is 1.51. The van der Waals surface area contributed by atoms with Crippen molar-refractivity contribution in [3.05, 3.63) is 64.4 Å². The summed E-state index contributed by atoms with van der Waals surface area (Å²) in [6.07, 6.45) is 2.74. The SMILES string of the molecule is COc1cc(-n2cnnn2)c(Cl)cc1C(=O)NCc1ccc(CN2CC(C)CC(C)C2)cc1. The van der Waals surface area contributed by atoms with E-state index in [0.29, 0.717) is 28.6 Å². The summed E-state index contributed by atoms with van der Waals surface area (Å²) in [6.45, 7) is 8.33. The normalized spacial score (nSPS) is 18.8. The fraction of sp³-hybridized carbons (Fsp3) is 0.417. The predicted molar refractivity (Wildman–Crippen MR) is 127 cm³/mol. The number of carbonyl (C=O) groups excluding carboxylic acids is 1. The molecular weight excluding hydrogens is 440 g/mol. The number of nitrogens with zero attached hydrogens (tertiary/aromatic N) is 5. The van der Waals surface area contributed by atoms with Crippen molar-refractivity contribution in [3.8, 4) is 11.4 Å². The van der Waals surface area contributed by atoms with Crippen LogP contribution in [-0.4, -0.2) is 51.2 Å². The van der Waals surface area contributed by atoms with Crippen molar-refractivity contribution in [3.63, 3.8) is 0 Å². The average Bonchev–Trinajstić information content (AvgIpc) is 3.32. The summed E-state index contributed by atoms with van der Waals surface area (Å²) < 4.78 is 6.83. The fourth-order valence-electron chi connectivity index (χ4n) is 4.56. The Kier molecular flexibility index (Phi) is 7.25. The van der Waals surface area contributed by atoms with E-state index >= 15 is 0 Å². The number of hydrogen-bond acceptors (Lipinski definition) is 6. The molecule has 0 bridgehead atoms. The van der Waals surface area contributed by atoms with Crippen LogP contribution >= 0.6 is 11.6 Å². The van der Waals surface area contributed by atoms with Gasteiger partial charge in [0.15, 0.2) is 0 Å². The zero-order chi connectivity index (χ0) is 23.4. The van der Waals surface area contributed by atoms with Crippen LogP contribution in [0.2, 0.25) is 5.02 Å². The average molecular weight is 469 g/mol. The lowest BCUT2D eigenvalue weighted by molar-refractivity contribution is 0.0948. The van der Waals surface area contributed by atoms with Crippen molar-refractivity contribution in [2.75, 3.05) is 20.2 Å². The quantitative estimate of drug-likeness (QED) is 0.568. The molecule has 1 saturated heterocycles. The van der Waals surface area contributed by atoms with Crippen LogP contribution in [0.4, 0.5) is 0 Å². The van der Waals surface area contributed by atoms with Crippen LogP contribution < -0.4 is 10.1 Å². The molecule has 9 heteroatoms. The van der Waals surface area contributed by atoms with Crippen molar-refractivity contribution in [1.82, 2.24) is 30.4 Å². The van der Waals surface area contributed by atoms with E-state index in [1.165, 1.54) is 30.1 Å². The van der Waals surface area contributed by atoms with Gasteiger partial charge in [-0.05, 0) is 45.9 Å².